The first-order chi connectivity index (χ1) is 14.2. The molecule has 0 aromatic rings. The van der Waals surface area contributed by atoms with Crippen LogP contribution < -0.4 is 0 Å². The first-order valence-electron chi connectivity index (χ1n) is 13.1. The predicted molar refractivity (Wildman–Crippen MR) is 123 cm³/mol. The van der Waals surface area contributed by atoms with E-state index in [-0.39, 0.29) is 6.09 Å². The third-order valence-corrected chi connectivity index (χ3v) is 10.7. The monoisotopic (exact) mass is 417 g/mol. The Morgan fingerprint density at radius 1 is 0.967 bits per heavy atom. The summed E-state index contributed by atoms with van der Waals surface area (Å²) < 4.78 is 5.12. The third kappa shape index (κ3) is 3.51. The summed E-state index contributed by atoms with van der Waals surface area (Å²) in [6.45, 7) is 13.4. The number of fused-ring (bicyclic) bond motifs is 5. The van der Waals surface area contributed by atoms with Gasteiger partial charge in [0.15, 0.2) is 0 Å². The number of carbonyl (C=O) groups excluding carboxylic acids is 1. The summed E-state index contributed by atoms with van der Waals surface area (Å²) in [5.41, 5.74) is 0.863. The first kappa shape index (κ1) is 22.5. The highest BCUT2D eigenvalue weighted by molar-refractivity contribution is 5.68. The van der Waals surface area contributed by atoms with Crippen molar-refractivity contribution in [3.63, 3.8) is 0 Å². The fourth-order valence-corrected chi connectivity index (χ4v) is 9.18. The van der Waals surface area contributed by atoms with Crippen LogP contribution >= 0.6 is 0 Å². The van der Waals surface area contributed by atoms with E-state index in [1.807, 2.05) is 0 Å². The van der Waals surface area contributed by atoms with Crippen LogP contribution in [-0.4, -0.2) is 30.7 Å². The van der Waals surface area contributed by atoms with Crippen molar-refractivity contribution in [2.24, 2.45) is 46.3 Å². The number of hydrogen-bond acceptors (Lipinski definition) is 2. The van der Waals surface area contributed by atoms with Gasteiger partial charge < -0.3 is 9.64 Å². The van der Waals surface area contributed by atoms with Gasteiger partial charge in [-0.3, -0.25) is 0 Å². The van der Waals surface area contributed by atoms with Gasteiger partial charge in [0.2, 0.25) is 0 Å². The average Bonchev–Trinajstić information content (AvgIpc) is 3.23. The topological polar surface area (TPSA) is 29.5 Å². The molecule has 1 amide bonds. The smallest absolute Gasteiger partial charge is 0.409 e. The van der Waals surface area contributed by atoms with Crippen molar-refractivity contribution in [3.8, 4) is 0 Å². The Morgan fingerprint density at radius 2 is 1.70 bits per heavy atom. The largest absolute Gasteiger partial charge is 0.453 e. The number of amides is 1. The first-order valence-corrected chi connectivity index (χ1v) is 13.1. The lowest BCUT2D eigenvalue weighted by molar-refractivity contribution is -0.0865. The Kier molecular flexibility index (Phi) is 6.23. The molecule has 0 bridgehead atoms. The molecule has 30 heavy (non-hydrogen) atoms. The zero-order valence-electron chi connectivity index (χ0n) is 20.6. The molecule has 0 aromatic heterocycles. The van der Waals surface area contributed by atoms with E-state index < -0.39 is 0 Å². The van der Waals surface area contributed by atoms with Crippen LogP contribution in [-0.2, 0) is 4.74 Å². The number of rotatable bonds is 5. The van der Waals surface area contributed by atoms with Gasteiger partial charge in [0.1, 0.15) is 0 Å². The van der Waals surface area contributed by atoms with Gasteiger partial charge in [0.05, 0.1) is 7.11 Å². The number of carbonyl (C=O) groups is 1. The summed E-state index contributed by atoms with van der Waals surface area (Å²) in [4.78, 5) is 14.4. The van der Waals surface area contributed by atoms with Crippen molar-refractivity contribution in [1.29, 1.82) is 0 Å². The number of ether oxygens (including phenoxy) is 1. The summed E-state index contributed by atoms with van der Waals surface area (Å²) in [5.74, 6) is 5.25. The van der Waals surface area contributed by atoms with Crippen LogP contribution in [0.1, 0.15) is 98.8 Å². The highest BCUT2D eigenvalue weighted by Crippen LogP contribution is 2.67. The SMILES string of the molecule is COC(=O)N1CC[C@@]2(C)[C@@H]1CC[C@@H]1[C@@H]2CC[C@]2(C)[C@@H]([C@H](C)CCCC(C)C)CC[C@@H]12. The molecule has 8 atom stereocenters. The van der Waals surface area contributed by atoms with Gasteiger partial charge in [0.25, 0.3) is 0 Å². The van der Waals surface area contributed by atoms with Gasteiger partial charge in [-0.1, -0.05) is 53.9 Å². The average molecular weight is 418 g/mol. The standard InChI is InChI=1S/C27H47NO2/c1-18(2)8-7-9-19(3)21-11-12-22-20-10-13-24-27(5,16-17-28(24)25(29)30-6)23(20)14-15-26(21,22)4/h18-24H,7-17H2,1-6H3/t19-,20+,21-,22+,23+,24+,26-,27-/m1/s1. The van der Waals surface area contributed by atoms with E-state index in [1.165, 1.54) is 71.3 Å². The maximum Gasteiger partial charge on any atom is 0.409 e. The minimum Gasteiger partial charge on any atom is -0.453 e. The quantitative estimate of drug-likeness (QED) is 0.475. The highest BCUT2D eigenvalue weighted by Gasteiger charge is 2.62. The lowest BCUT2D eigenvalue weighted by Gasteiger charge is -2.58. The summed E-state index contributed by atoms with van der Waals surface area (Å²) in [7, 11) is 1.54. The van der Waals surface area contributed by atoms with Crippen LogP contribution in [0.15, 0.2) is 0 Å². The van der Waals surface area contributed by atoms with Crippen molar-refractivity contribution in [2.45, 2.75) is 105 Å². The molecule has 0 radical (unpaired) electrons. The zero-order valence-corrected chi connectivity index (χ0v) is 20.6. The van der Waals surface area contributed by atoms with Gasteiger partial charge in [-0.15, -0.1) is 0 Å². The Hall–Kier alpha value is -0.730. The van der Waals surface area contributed by atoms with Crippen LogP contribution in [0.5, 0.6) is 0 Å². The normalized spacial score (nSPS) is 43.8. The summed E-state index contributed by atoms with van der Waals surface area (Å²) in [6, 6.07) is 0.405. The fraction of sp³-hybridized carbons (Fsp3) is 0.963. The number of nitrogens with zero attached hydrogens (tertiary/aromatic N) is 1. The van der Waals surface area contributed by atoms with Crippen molar-refractivity contribution >= 4 is 6.09 Å². The molecule has 4 fully saturated rings. The molecule has 1 aliphatic heterocycles. The summed E-state index contributed by atoms with van der Waals surface area (Å²) in [5, 5.41) is 0. The summed E-state index contributed by atoms with van der Waals surface area (Å²) >= 11 is 0. The molecule has 3 aliphatic carbocycles. The minimum absolute atomic E-state index is 0.0982. The molecular formula is C27H47NO2. The van der Waals surface area contributed by atoms with Gasteiger partial charge in [0, 0.05) is 12.6 Å². The second kappa shape index (κ2) is 8.32. The molecule has 1 heterocycles. The highest BCUT2D eigenvalue weighted by atomic mass is 16.5. The molecule has 1 saturated heterocycles. The van der Waals surface area contributed by atoms with E-state index in [9.17, 15) is 4.79 Å². The van der Waals surface area contributed by atoms with E-state index in [0.717, 1.165) is 42.1 Å². The van der Waals surface area contributed by atoms with Gasteiger partial charge in [-0.05, 0) is 91.3 Å². The number of methoxy groups -OCH3 is 1. The Balaban J connectivity index is 1.47. The lowest BCUT2D eigenvalue weighted by Crippen LogP contribution is -2.55. The molecule has 0 unspecified atom stereocenters. The van der Waals surface area contributed by atoms with E-state index in [0.29, 0.717) is 16.9 Å². The third-order valence-electron chi connectivity index (χ3n) is 10.7. The molecule has 172 valence electrons. The van der Waals surface area contributed by atoms with Crippen molar-refractivity contribution in [2.75, 3.05) is 13.7 Å². The van der Waals surface area contributed by atoms with E-state index in [4.69, 9.17) is 4.74 Å². The summed E-state index contributed by atoms with van der Waals surface area (Å²) in [6.07, 6.45) is 13.5. The van der Waals surface area contributed by atoms with Gasteiger partial charge >= 0.3 is 6.09 Å². The lowest BCUT2D eigenvalue weighted by atomic mass is 9.47. The number of likely N-dealkylation sites (tertiary alicyclic amines) is 1. The second-order valence-electron chi connectivity index (χ2n) is 12.4. The molecule has 0 N–H and O–H groups in total. The van der Waals surface area contributed by atoms with Crippen molar-refractivity contribution in [3.05, 3.63) is 0 Å². The Morgan fingerprint density at radius 3 is 2.40 bits per heavy atom. The molecule has 3 heteroatoms. The molecule has 4 aliphatic rings. The van der Waals surface area contributed by atoms with Crippen LogP contribution in [0.4, 0.5) is 4.79 Å². The van der Waals surface area contributed by atoms with Gasteiger partial charge in [-0.25, -0.2) is 4.79 Å². The minimum atomic E-state index is -0.0982. The number of hydrogen-bond donors (Lipinski definition) is 0. The molecule has 3 saturated carbocycles. The second-order valence-corrected chi connectivity index (χ2v) is 12.4. The Labute approximate surface area is 185 Å². The van der Waals surface area contributed by atoms with E-state index >= 15 is 0 Å². The van der Waals surface area contributed by atoms with Crippen LogP contribution in [0, 0.1) is 46.3 Å². The maximum atomic E-state index is 12.4. The molecular weight excluding hydrogens is 370 g/mol. The van der Waals surface area contributed by atoms with E-state index in [1.54, 1.807) is 0 Å². The molecule has 4 rings (SSSR count). The fourth-order valence-electron chi connectivity index (χ4n) is 9.18. The molecule has 0 aromatic carbocycles. The Bertz CT molecular complexity index is 632. The predicted octanol–water partition coefficient (Wildman–Crippen LogP) is 7.15. The molecule has 3 nitrogen and oxygen atoms in total. The van der Waals surface area contributed by atoms with Crippen LogP contribution in [0.3, 0.4) is 0 Å². The van der Waals surface area contributed by atoms with Crippen LogP contribution in [0.25, 0.3) is 0 Å². The van der Waals surface area contributed by atoms with Crippen molar-refractivity contribution in [1.82, 2.24) is 4.90 Å². The van der Waals surface area contributed by atoms with Crippen molar-refractivity contribution < 1.29 is 9.53 Å². The molecule has 0 spiro atoms. The van der Waals surface area contributed by atoms with Crippen LogP contribution in [0.2, 0.25) is 0 Å². The zero-order chi connectivity index (χ0) is 21.7. The maximum absolute atomic E-state index is 12.4. The van der Waals surface area contributed by atoms with E-state index in [2.05, 4.69) is 39.5 Å². The van der Waals surface area contributed by atoms with Gasteiger partial charge in [-0.2, -0.15) is 0 Å².